The summed E-state index contributed by atoms with van der Waals surface area (Å²) in [5.74, 6) is -2.11. The molecule has 0 aromatic carbocycles. The Kier molecular flexibility index (Phi) is 7.81. The number of anilines is 1. The molecule has 0 saturated carbocycles. The van der Waals surface area contributed by atoms with E-state index in [0.717, 1.165) is 0 Å². The smallest absolute Gasteiger partial charge is 0.387 e. The minimum absolute atomic E-state index is 0.235. The third-order valence-electron chi connectivity index (χ3n) is 3.81. The second-order valence-corrected chi connectivity index (χ2v) is 10.6. The van der Waals surface area contributed by atoms with Crippen LogP contribution in [0.15, 0.2) is 11.0 Å². The van der Waals surface area contributed by atoms with Gasteiger partial charge in [-0.15, -0.1) is 0 Å². The van der Waals surface area contributed by atoms with Gasteiger partial charge in [0.1, 0.15) is 18.9 Å². The van der Waals surface area contributed by atoms with Gasteiger partial charge >= 0.3 is 29.2 Å². The number of rotatable bonds is 9. The number of aromatic nitrogens is 2. The van der Waals surface area contributed by atoms with Crippen LogP contribution in [0.4, 0.5) is 14.6 Å². The molecule has 184 valence electrons. The van der Waals surface area contributed by atoms with Crippen LogP contribution in [0.1, 0.15) is 6.23 Å². The standard InChI is InChI=1S/C10H16F2N3O14P3/c11-3-10(18)6(16)5(27-8(10)15-1-4(12)7(13)14-9(15)17)2-26-31(22,23)29-32(24,25)28-30(19,20)21/h1,5-6,8,16,18H,2-3H2,(H,22,23)(H,24,25)(H2,13,14,17)(H2,19,20,21)/t5-,6+,8-,10?/m1/s1. The lowest BCUT2D eigenvalue weighted by molar-refractivity contribution is -0.121. The molecule has 1 aliphatic rings. The van der Waals surface area contributed by atoms with Crippen LogP contribution in [-0.4, -0.2) is 70.4 Å². The van der Waals surface area contributed by atoms with Crippen LogP contribution in [0.5, 0.6) is 0 Å². The molecular formula is C10H16F2N3O14P3. The van der Waals surface area contributed by atoms with Crippen molar-refractivity contribution in [1.82, 2.24) is 9.55 Å². The molecule has 1 aromatic rings. The van der Waals surface area contributed by atoms with Gasteiger partial charge in [-0.05, 0) is 0 Å². The Hall–Kier alpha value is -1.17. The maximum atomic E-state index is 13.7. The van der Waals surface area contributed by atoms with Crippen molar-refractivity contribution in [2.45, 2.75) is 24.0 Å². The molecule has 32 heavy (non-hydrogen) atoms. The average molecular weight is 533 g/mol. The topological polar surface area (TPSA) is 270 Å². The fourth-order valence-electron chi connectivity index (χ4n) is 2.50. The Balaban J connectivity index is 2.21. The first kappa shape index (κ1) is 27.1. The predicted molar refractivity (Wildman–Crippen MR) is 93.5 cm³/mol. The summed E-state index contributed by atoms with van der Waals surface area (Å²) >= 11 is 0. The van der Waals surface area contributed by atoms with E-state index in [9.17, 15) is 42.4 Å². The Bertz CT molecular complexity index is 1060. The molecule has 0 radical (unpaired) electrons. The van der Waals surface area contributed by atoms with Gasteiger partial charge in [-0.25, -0.2) is 27.3 Å². The van der Waals surface area contributed by atoms with E-state index in [1.54, 1.807) is 0 Å². The first-order chi connectivity index (χ1) is 14.4. The van der Waals surface area contributed by atoms with E-state index >= 15 is 0 Å². The Morgan fingerprint density at radius 3 is 2.34 bits per heavy atom. The van der Waals surface area contributed by atoms with Crippen LogP contribution >= 0.6 is 23.5 Å². The van der Waals surface area contributed by atoms with Crippen LogP contribution in [0.2, 0.25) is 0 Å². The average Bonchev–Trinajstić information content (AvgIpc) is 2.85. The minimum Gasteiger partial charge on any atom is -0.387 e. The van der Waals surface area contributed by atoms with Gasteiger partial charge in [-0.3, -0.25) is 9.09 Å². The van der Waals surface area contributed by atoms with E-state index in [-0.39, 0.29) is 4.57 Å². The molecule has 17 nitrogen and oxygen atoms in total. The highest BCUT2D eigenvalue weighted by atomic mass is 31.3. The summed E-state index contributed by atoms with van der Waals surface area (Å²) in [6.07, 6.45) is -5.99. The van der Waals surface area contributed by atoms with Gasteiger partial charge in [0.25, 0.3) is 0 Å². The molecule has 3 unspecified atom stereocenters. The number of hydrogen-bond donors (Lipinski definition) is 7. The number of hydrogen-bond acceptors (Lipinski definition) is 12. The van der Waals surface area contributed by atoms with Crippen molar-refractivity contribution in [3.8, 4) is 0 Å². The Morgan fingerprint density at radius 2 is 1.81 bits per heavy atom. The van der Waals surface area contributed by atoms with E-state index in [1.807, 2.05) is 0 Å². The summed E-state index contributed by atoms with van der Waals surface area (Å²) in [6, 6.07) is 0. The van der Waals surface area contributed by atoms with Crippen LogP contribution in [0.25, 0.3) is 0 Å². The molecule has 1 aromatic heterocycles. The van der Waals surface area contributed by atoms with Crippen molar-refractivity contribution in [2.75, 3.05) is 19.0 Å². The zero-order valence-corrected chi connectivity index (χ0v) is 17.9. The molecule has 2 rings (SSSR count). The van der Waals surface area contributed by atoms with Crippen LogP contribution in [0, 0.1) is 5.82 Å². The molecule has 0 aliphatic carbocycles. The zero-order chi connectivity index (χ0) is 24.7. The van der Waals surface area contributed by atoms with Crippen LogP contribution in [0.3, 0.4) is 0 Å². The first-order valence-corrected chi connectivity index (χ1v) is 12.4. The molecule has 1 fully saturated rings. The molecule has 8 N–H and O–H groups in total. The molecular weight excluding hydrogens is 517 g/mol. The fraction of sp³-hybridized carbons (Fsp3) is 0.600. The highest BCUT2D eigenvalue weighted by molar-refractivity contribution is 7.66. The Morgan fingerprint density at radius 1 is 1.22 bits per heavy atom. The van der Waals surface area contributed by atoms with Gasteiger partial charge in [0, 0.05) is 0 Å². The number of aliphatic hydroxyl groups excluding tert-OH is 1. The highest BCUT2D eigenvalue weighted by Crippen LogP contribution is 2.66. The quantitative estimate of drug-likeness (QED) is 0.174. The maximum absolute atomic E-state index is 13.7. The molecule has 0 amide bonds. The van der Waals surface area contributed by atoms with Crippen molar-refractivity contribution in [3.63, 3.8) is 0 Å². The van der Waals surface area contributed by atoms with Crippen molar-refractivity contribution in [2.24, 2.45) is 0 Å². The van der Waals surface area contributed by atoms with Gasteiger partial charge < -0.3 is 40.3 Å². The number of aliphatic hydroxyl groups is 2. The van der Waals surface area contributed by atoms with E-state index in [2.05, 4.69) is 18.1 Å². The second-order valence-electron chi connectivity index (χ2n) is 6.15. The van der Waals surface area contributed by atoms with Gasteiger partial charge in [0.05, 0.1) is 12.8 Å². The number of phosphoric ester groups is 1. The van der Waals surface area contributed by atoms with Crippen LogP contribution in [-0.2, 0) is 31.6 Å². The number of nitrogens with zero attached hydrogens (tertiary/aromatic N) is 2. The molecule has 2 heterocycles. The van der Waals surface area contributed by atoms with Gasteiger partial charge in [0.2, 0.25) is 0 Å². The molecule has 22 heteroatoms. The number of halogens is 2. The largest absolute Gasteiger partial charge is 0.490 e. The number of nitrogens with two attached hydrogens (primary N) is 1. The Labute approximate surface area is 175 Å². The van der Waals surface area contributed by atoms with Gasteiger partial charge in [-0.2, -0.15) is 13.6 Å². The van der Waals surface area contributed by atoms with E-state index in [4.69, 9.17) is 25.2 Å². The van der Waals surface area contributed by atoms with Crippen LogP contribution < -0.4 is 11.4 Å². The normalized spacial score (nSPS) is 30.1. The number of nitrogen functional groups attached to an aromatic ring is 1. The van der Waals surface area contributed by atoms with E-state index < -0.39 is 78.1 Å². The number of ether oxygens (including phenoxy) is 1. The second kappa shape index (κ2) is 9.23. The molecule has 1 aliphatic heterocycles. The first-order valence-electron chi connectivity index (χ1n) is 7.85. The molecule has 6 atom stereocenters. The summed E-state index contributed by atoms with van der Waals surface area (Å²) in [7, 11) is -17.1. The lowest BCUT2D eigenvalue weighted by Crippen LogP contribution is -2.50. The number of phosphoric acid groups is 3. The summed E-state index contributed by atoms with van der Waals surface area (Å²) in [5.41, 5.74) is 0.842. The fourth-order valence-corrected chi connectivity index (χ4v) is 5.53. The predicted octanol–water partition coefficient (Wildman–Crippen LogP) is -1.73. The summed E-state index contributed by atoms with van der Waals surface area (Å²) in [5, 5.41) is 20.5. The van der Waals surface area contributed by atoms with Crippen molar-refractivity contribution in [3.05, 3.63) is 22.5 Å². The SMILES string of the molecule is Nc1nc(=O)n([C@@H]2O[C@H](COP(=O)(O)OP(=O)(O)OP(=O)(O)O)[C@H](O)C2(O)CF)cc1F. The third-order valence-corrected chi connectivity index (χ3v) is 7.62. The van der Waals surface area contributed by atoms with Crippen molar-refractivity contribution < 1.29 is 70.1 Å². The lowest BCUT2D eigenvalue weighted by Gasteiger charge is -2.28. The van der Waals surface area contributed by atoms with Gasteiger partial charge in [-0.1, -0.05) is 0 Å². The lowest BCUT2D eigenvalue weighted by atomic mass is 9.95. The summed E-state index contributed by atoms with van der Waals surface area (Å²) in [6.45, 7) is -3.08. The van der Waals surface area contributed by atoms with E-state index in [0.29, 0.717) is 6.20 Å². The van der Waals surface area contributed by atoms with E-state index in [1.165, 1.54) is 0 Å². The summed E-state index contributed by atoms with van der Waals surface area (Å²) < 4.78 is 77.2. The van der Waals surface area contributed by atoms with Gasteiger partial charge in [0.15, 0.2) is 23.5 Å². The third kappa shape index (κ3) is 6.24. The monoisotopic (exact) mass is 533 g/mol. The van der Waals surface area contributed by atoms with Crippen molar-refractivity contribution >= 4 is 29.3 Å². The molecule has 1 saturated heterocycles. The number of alkyl halides is 1. The highest BCUT2D eigenvalue weighted by Gasteiger charge is 2.57. The minimum atomic E-state index is -5.84. The summed E-state index contributed by atoms with van der Waals surface area (Å²) in [4.78, 5) is 50.4. The zero-order valence-electron chi connectivity index (χ0n) is 15.2. The molecule has 0 spiro atoms. The van der Waals surface area contributed by atoms with Crippen molar-refractivity contribution in [1.29, 1.82) is 0 Å². The molecule has 0 bridgehead atoms. The maximum Gasteiger partial charge on any atom is 0.490 e.